The van der Waals surface area contributed by atoms with E-state index in [9.17, 15) is 18.9 Å². The Labute approximate surface area is 106 Å². The number of hydrogen-bond acceptors (Lipinski definition) is 4. The lowest BCUT2D eigenvalue weighted by molar-refractivity contribution is -0.386. The van der Waals surface area contributed by atoms with E-state index in [4.69, 9.17) is 4.52 Å². The molecule has 0 aliphatic heterocycles. The van der Waals surface area contributed by atoms with Crippen LogP contribution in [0.1, 0.15) is 17.0 Å². The third kappa shape index (κ3) is 2.65. The Hall–Kier alpha value is -2.57. The normalized spacial score (nSPS) is 11.1. The predicted octanol–water partition coefficient (Wildman–Crippen LogP) is 3.34. The van der Waals surface area contributed by atoms with Crippen molar-refractivity contribution in [3.63, 3.8) is 0 Å². The van der Waals surface area contributed by atoms with Gasteiger partial charge < -0.3 is 4.52 Å². The molecule has 0 aliphatic carbocycles. The van der Waals surface area contributed by atoms with Crippen molar-refractivity contribution in [1.82, 2.24) is 5.16 Å². The van der Waals surface area contributed by atoms with Crippen LogP contribution in [0, 0.1) is 28.7 Å². The van der Waals surface area contributed by atoms with E-state index in [0.29, 0.717) is 0 Å². The number of hydrogen-bond donors (Lipinski definition) is 0. The molecule has 0 fully saturated rings. The van der Waals surface area contributed by atoms with E-state index in [-0.39, 0.29) is 22.7 Å². The van der Waals surface area contributed by atoms with E-state index in [1.165, 1.54) is 25.1 Å². The molecule has 0 radical (unpaired) electrons. The highest BCUT2D eigenvalue weighted by atomic mass is 19.1. The van der Waals surface area contributed by atoms with E-state index < -0.39 is 16.6 Å². The Morgan fingerprint density at radius 1 is 1.37 bits per heavy atom. The molecule has 0 unspecified atom stereocenters. The number of aryl methyl sites for hydroxylation is 1. The summed E-state index contributed by atoms with van der Waals surface area (Å²) in [5.41, 5.74) is -0.0623. The molecule has 0 bridgehead atoms. The Morgan fingerprint density at radius 2 is 2.11 bits per heavy atom. The second-order valence-electron chi connectivity index (χ2n) is 3.74. The van der Waals surface area contributed by atoms with Crippen LogP contribution in [0.25, 0.3) is 12.2 Å². The van der Waals surface area contributed by atoms with Crippen LogP contribution in [0.15, 0.2) is 22.7 Å². The lowest BCUT2D eigenvalue weighted by atomic mass is 10.2. The summed E-state index contributed by atoms with van der Waals surface area (Å²) in [4.78, 5) is 10.1. The molecule has 0 aliphatic rings. The largest absolute Gasteiger partial charge is 0.349 e. The number of nitro groups is 1. The van der Waals surface area contributed by atoms with Gasteiger partial charge in [0.15, 0.2) is 5.69 Å². The van der Waals surface area contributed by atoms with Crippen molar-refractivity contribution in [2.45, 2.75) is 6.92 Å². The van der Waals surface area contributed by atoms with Gasteiger partial charge in [-0.25, -0.2) is 8.78 Å². The van der Waals surface area contributed by atoms with Crippen LogP contribution >= 0.6 is 0 Å². The Balaban J connectivity index is 2.35. The Kier molecular flexibility index (Phi) is 3.37. The van der Waals surface area contributed by atoms with Crippen molar-refractivity contribution in [2.75, 3.05) is 0 Å². The summed E-state index contributed by atoms with van der Waals surface area (Å²) < 4.78 is 30.8. The van der Waals surface area contributed by atoms with Crippen LogP contribution in [0.5, 0.6) is 0 Å². The zero-order chi connectivity index (χ0) is 14.0. The van der Waals surface area contributed by atoms with Crippen molar-refractivity contribution in [1.29, 1.82) is 0 Å². The lowest BCUT2D eigenvalue weighted by Gasteiger charge is -1.95. The topological polar surface area (TPSA) is 69.2 Å². The average molecular weight is 266 g/mol. The van der Waals surface area contributed by atoms with Gasteiger partial charge in [-0.3, -0.25) is 10.1 Å². The first-order valence-corrected chi connectivity index (χ1v) is 5.23. The minimum Gasteiger partial charge on any atom is -0.349 e. The first kappa shape index (κ1) is 12.9. The first-order valence-electron chi connectivity index (χ1n) is 5.23. The van der Waals surface area contributed by atoms with E-state index in [1.54, 1.807) is 0 Å². The monoisotopic (exact) mass is 266 g/mol. The van der Waals surface area contributed by atoms with Crippen LogP contribution < -0.4 is 0 Å². The molecule has 98 valence electrons. The Morgan fingerprint density at radius 3 is 2.74 bits per heavy atom. The predicted molar refractivity (Wildman–Crippen MR) is 63.2 cm³/mol. The molecule has 7 heteroatoms. The summed E-state index contributed by atoms with van der Waals surface area (Å²) in [6.07, 6.45) is 2.47. The van der Waals surface area contributed by atoms with Crippen LogP contribution in [0.4, 0.5) is 14.5 Å². The maximum atomic E-state index is 13.3. The van der Waals surface area contributed by atoms with Gasteiger partial charge in [0.25, 0.3) is 0 Å². The van der Waals surface area contributed by atoms with Gasteiger partial charge in [0.1, 0.15) is 11.6 Å². The fourth-order valence-corrected chi connectivity index (χ4v) is 1.52. The second kappa shape index (κ2) is 4.97. The molecule has 2 rings (SSSR count). The number of rotatable bonds is 3. The molecule has 0 saturated carbocycles. The van der Waals surface area contributed by atoms with Gasteiger partial charge in [-0.15, -0.1) is 0 Å². The molecular formula is C12H8F2N2O3. The van der Waals surface area contributed by atoms with Gasteiger partial charge >= 0.3 is 5.69 Å². The summed E-state index contributed by atoms with van der Waals surface area (Å²) >= 11 is 0. The molecule has 19 heavy (non-hydrogen) atoms. The second-order valence-corrected chi connectivity index (χ2v) is 3.74. The molecule has 0 amide bonds. The van der Waals surface area contributed by atoms with Gasteiger partial charge in [-0.2, -0.15) is 0 Å². The minimum atomic E-state index is -0.768. The summed E-state index contributed by atoms with van der Waals surface area (Å²) in [6, 6.07) is 3.03. The van der Waals surface area contributed by atoms with E-state index in [0.717, 1.165) is 12.1 Å². The van der Waals surface area contributed by atoms with Crippen LogP contribution in [-0.2, 0) is 0 Å². The highest BCUT2D eigenvalue weighted by Gasteiger charge is 2.21. The standard InChI is InChI=1S/C12H8F2N2O3/c1-7-12(16(17)18)11(19-15-7)5-3-8-2-4-9(13)6-10(8)14/h2-6H,1H3/b5-3+. The zero-order valence-corrected chi connectivity index (χ0v) is 9.76. The number of benzene rings is 1. The summed E-state index contributed by atoms with van der Waals surface area (Å²) in [6.45, 7) is 1.43. The summed E-state index contributed by atoms with van der Waals surface area (Å²) in [5.74, 6) is -1.56. The number of aromatic nitrogens is 1. The van der Waals surface area contributed by atoms with Crippen molar-refractivity contribution in [3.05, 3.63) is 57.0 Å². The summed E-state index contributed by atoms with van der Waals surface area (Å²) in [5, 5.41) is 14.2. The first-order chi connectivity index (χ1) is 8.99. The van der Waals surface area contributed by atoms with Crippen molar-refractivity contribution in [3.8, 4) is 0 Å². The average Bonchev–Trinajstić information content (AvgIpc) is 2.69. The van der Waals surface area contributed by atoms with Gasteiger partial charge in [-0.1, -0.05) is 5.16 Å². The minimum absolute atomic E-state index is 0.0877. The molecule has 1 aromatic heterocycles. The smallest absolute Gasteiger partial charge is 0.338 e. The number of nitrogens with zero attached hydrogens (tertiary/aromatic N) is 2. The van der Waals surface area contributed by atoms with Crippen LogP contribution in [0.3, 0.4) is 0 Å². The molecule has 1 aromatic carbocycles. The highest BCUT2D eigenvalue weighted by molar-refractivity contribution is 5.71. The lowest BCUT2D eigenvalue weighted by Crippen LogP contribution is -1.90. The molecule has 0 atom stereocenters. The Bertz CT molecular complexity index is 665. The van der Waals surface area contributed by atoms with E-state index in [1.807, 2.05) is 0 Å². The van der Waals surface area contributed by atoms with Gasteiger partial charge in [0.2, 0.25) is 5.76 Å². The SMILES string of the molecule is Cc1noc(/C=C/c2ccc(F)cc2F)c1[N+](=O)[O-]. The molecule has 2 aromatic rings. The highest BCUT2D eigenvalue weighted by Crippen LogP contribution is 2.24. The van der Waals surface area contributed by atoms with Gasteiger partial charge in [0, 0.05) is 11.6 Å². The fraction of sp³-hybridized carbons (Fsp3) is 0.0833. The molecule has 5 nitrogen and oxygen atoms in total. The maximum Gasteiger partial charge on any atom is 0.338 e. The third-order valence-corrected chi connectivity index (χ3v) is 2.42. The van der Waals surface area contributed by atoms with Crippen LogP contribution in [-0.4, -0.2) is 10.1 Å². The summed E-state index contributed by atoms with van der Waals surface area (Å²) in [7, 11) is 0. The van der Waals surface area contributed by atoms with Crippen molar-refractivity contribution >= 4 is 17.8 Å². The zero-order valence-electron chi connectivity index (χ0n) is 9.76. The third-order valence-electron chi connectivity index (χ3n) is 2.42. The molecule has 0 saturated heterocycles. The van der Waals surface area contributed by atoms with Crippen molar-refractivity contribution in [2.24, 2.45) is 0 Å². The number of halogens is 2. The molecule has 0 N–H and O–H groups in total. The molecule has 0 spiro atoms. The van der Waals surface area contributed by atoms with Gasteiger partial charge in [0.05, 0.1) is 4.92 Å². The maximum absolute atomic E-state index is 13.3. The fourth-order valence-electron chi connectivity index (χ4n) is 1.52. The van der Waals surface area contributed by atoms with Crippen LogP contribution in [0.2, 0.25) is 0 Å². The van der Waals surface area contributed by atoms with E-state index in [2.05, 4.69) is 5.16 Å². The van der Waals surface area contributed by atoms with Gasteiger partial charge in [-0.05, 0) is 31.2 Å². The molecular weight excluding hydrogens is 258 g/mol. The van der Waals surface area contributed by atoms with Crippen molar-refractivity contribution < 1.29 is 18.2 Å². The molecule has 1 heterocycles. The van der Waals surface area contributed by atoms with E-state index >= 15 is 0 Å². The quantitative estimate of drug-likeness (QED) is 0.631.